The molecule has 0 spiro atoms. The van der Waals surface area contributed by atoms with Crippen LogP contribution in [0.3, 0.4) is 0 Å². The van der Waals surface area contributed by atoms with Crippen molar-refractivity contribution in [2.45, 2.75) is 12.7 Å². The molecule has 2 amide bonds. The molecule has 0 saturated carbocycles. The molecule has 0 unspecified atom stereocenters. The van der Waals surface area contributed by atoms with Gasteiger partial charge in [-0.1, -0.05) is 12.1 Å². The SMILES string of the molecule is CN1CCN(c2ccc(C(=O)Nc3n[nH]c4ccc(C(=O)NCc5ccc(C(F)(F)F)cc5)cc34)cc2)CC1. The lowest BCUT2D eigenvalue weighted by Crippen LogP contribution is -2.44. The standard InChI is InChI=1S/C28H27F3N6O2/c1-36-12-14-37(15-13-36)22-9-4-19(5-10-22)27(39)33-25-23-16-20(6-11-24(23)34-35-25)26(38)32-17-18-2-7-21(8-3-18)28(29,30)31/h2-11,16H,12-15,17H2,1H3,(H,32,38)(H2,33,34,35,39). The van der Waals surface area contributed by atoms with E-state index in [1.165, 1.54) is 12.1 Å². The summed E-state index contributed by atoms with van der Waals surface area (Å²) in [5.41, 5.74) is 2.29. The van der Waals surface area contributed by atoms with Crippen LogP contribution < -0.4 is 15.5 Å². The Kier molecular flexibility index (Phi) is 7.25. The topological polar surface area (TPSA) is 93.4 Å². The van der Waals surface area contributed by atoms with Gasteiger partial charge in [-0.2, -0.15) is 18.3 Å². The van der Waals surface area contributed by atoms with E-state index < -0.39 is 17.6 Å². The first-order valence-corrected chi connectivity index (χ1v) is 12.4. The second kappa shape index (κ2) is 10.8. The second-order valence-corrected chi connectivity index (χ2v) is 9.50. The number of piperazine rings is 1. The zero-order valence-electron chi connectivity index (χ0n) is 21.2. The van der Waals surface area contributed by atoms with E-state index in [4.69, 9.17) is 0 Å². The van der Waals surface area contributed by atoms with Crippen LogP contribution in [-0.4, -0.2) is 60.1 Å². The van der Waals surface area contributed by atoms with E-state index in [1.807, 2.05) is 12.1 Å². The molecule has 11 heteroatoms. The molecular weight excluding hydrogens is 509 g/mol. The van der Waals surface area contributed by atoms with Gasteiger partial charge in [-0.05, 0) is 67.2 Å². The van der Waals surface area contributed by atoms with Crippen LogP contribution in [0.5, 0.6) is 0 Å². The summed E-state index contributed by atoms with van der Waals surface area (Å²) in [4.78, 5) is 30.2. The van der Waals surface area contributed by atoms with Gasteiger partial charge in [-0.25, -0.2) is 0 Å². The lowest BCUT2D eigenvalue weighted by molar-refractivity contribution is -0.137. The number of amides is 2. The van der Waals surface area contributed by atoms with Gasteiger partial charge >= 0.3 is 6.18 Å². The fourth-order valence-corrected chi connectivity index (χ4v) is 4.41. The summed E-state index contributed by atoms with van der Waals surface area (Å²) >= 11 is 0. The van der Waals surface area contributed by atoms with Gasteiger partial charge in [0.2, 0.25) is 0 Å². The van der Waals surface area contributed by atoms with Crippen molar-refractivity contribution >= 4 is 34.2 Å². The highest BCUT2D eigenvalue weighted by atomic mass is 19.4. The van der Waals surface area contributed by atoms with Gasteiger partial charge in [0, 0.05) is 54.9 Å². The highest BCUT2D eigenvalue weighted by Gasteiger charge is 2.30. The number of carbonyl (C=O) groups excluding carboxylic acids is 2. The number of aromatic nitrogens is 2. The molecular formula is C28H27F3N6O2. The number of nitrogens with one attached hydrogen (secondary N) is 3. The lowest BCUT2D eigenvalue weighted by Gasteiger charge is -2.34. The van der Waals surface area contributed by atoms with Crippen LogP contribution in [0.25, 0.3) is 10.9 Å². The van der Waals surface area contributed by atoms with Crippen LogP contribution in [0.2, 0.25) is 0 Å². The van der Waals surface area contributed by atoms with Crippen molar-refractivity contribution in [1.82, 2.24) is 20.4 Å². The fraction of sp³-hybridized carbons (Fsp3) is 0.250. The Morgan fingerprint density at radius 3 is 2.23 bits per heavy atom. The molecule has 202 valence electrons. The number of fused-ring (bicyclic) bond motifs is 1. The molecule has 1 aliphatic rings. The van der Waals surface area contributed by atoms with Crippen molar-refractivity contribution in [2.24, 2.45) is 0 Å². The van der Waals surface area contributed by atoms with E-state index in [-0.39, 0.29) is 18.3 Å². The molecule has 0 atom stereocenters. The van der Waals surface area contributed by atoms with E-state index in [0.29, 0.717) is 27.6 Å². The Hall–Kier alpha value is -4.38. The second-order valence-electron chi connectivity index (χ2n) is 9.50. The number of nitrogens with zero attached hydrogens (tertiary/aromatic N) is 3. The summed E-state index contributed by atoms with van der Waals surface area (Å²) in [7, 11) is 2.10. The Morgan fingerprint density at radius 1 is 0.897 bits per heavy atom. The van der Waals surface area contributed by atoms with Crippen LogP contribution >= 0.6 is 0 Å². The third-order valence-electron chi connectivity index (χ3n) is 6.79. The Bertz CT molecular complexity index is 1470. The van der Waals surface area contributed by atoms with E-state index in [1.54, 1.807) is 30.3 Å². The zero-order valence-corrected chi connectivity index (χ0v) is 21.2. The van der Waals surface area contributed by atoms with Crippen molar-refractivity contribution < 1.29 is 22.8 Å². The predicted molar refractivity (Wildman–Crippen MR) is 143 cm³/mol. The number of anilines is 2. The molecule has 3 aromatic carbocycles. The van der Waals surface area contributed by atoms with Crippen LogP contribution in [0.15, 0.2) is 66.7 Å². The highest BCUT2D eigenvalue weighted by Crippen LogP contribution is 2.29. The third kappa shape index (κ3) is 6.04. The average Bonchev–Trinajstić information content (AvgIpc) is 3.33. The van der Waals surface area contributed by atoms with E-state index in [0.717, 1.165) is 44.0 Å². The molecule has 8 nitrogen and oxygen atoms in total. The Balaban J connectivity index is 1.23. The minimum absolute atomic E-state index is 0.0636. The Morgan fingerprint density at radius 2 is 1.56 bits per heavy atom. The largest absolute Gasteiger partial charge is 0.416 e. The van der Waals surface area contributed by atoms with Crippen molar-refractivity contribution in [3.63, 3.8) is 0 Å². The van der Waals surface area contributed by atoms with E-state index >= 15 is 0 Å². The number of rotatable bonds is 6. The first-order chi connectivity index (χ1) is 18.7. The van der Waals surface area contributed by atoms with E-state index in [9.17, 15) is 22.8 Å². The predicted octanol–water partition coefficient (Wildman–Crippen LogP) is 4.52. The van der Waals surface area contributed by atoms with Crippen LogP contribution in [0.1, 0.15) is 31.8 Å². The summed E-state index contributed by atoms with van der Waals surface area (Å²) in [6.07, 6.45) is -4.41. The number of benzene rings is 3. The summed E-state index contributed by atoms with van der Waals surface area (Å²) in [5, 5.41) is 13.1. The quantitative estimate of drug-likeness (QED) is 0.337. The van der Waals surface area contributed by atoms with Crippen LogP contribution in [-0.2, 0) is 12.7 Å². The molecule has 39 heavy (non-hydrogen) atoms. The molecule has 5 rings (SSSR count). The highest BCUT2D eigenvalue weighted by molar-refractivity contribution is 6.09. The molecule has 0 radical (unpaired) electrons. The van der Waals surface area contributed by atoms with Crippen LogP contribution in [0, 0.1) is 0 Å². The number of likely N-dealkylation sites (N-methyl/N-ethyl adjacent to an activating group) is 1. The minimum Gasteiger partial charge on any atom is -0.369 e. The molecule has 4 aromatic rings. The molecule has 0 aliphatic carbocycles. The molecule has 1 aliphatic heterocycles. The van der Waals surface area contributed by atoms with Gasteiger partial charge in [0.25, 0.3) is 11.8 Å². The van der Waals surface area contributed by atoms with Crippen LogP contribution in [0.4, 0.5) is 24.7 Å². The summed E-state index contributed by atoms with van der Waals surface area (Å²) in [5.74, 6) is -0.448. The van der Waals surface area contributed by atoms with Gasteiger partial charge in [-0.15, -0.1) is 0 Å². The van der Waals surface area contributed by atoms with Gasteiger partial charge in [0.1, 0.15) is 0 Å². The average molecular weight is 537 g/mol. The van der Waals surface area contributed by atoms with Gasteiger partial charge < -0.3 is 20.4 Å². The van der Waals surface area contributed by atoms with Crippen molar-refractivity contribution in [1.29, 1.82) is 0 Å². The van der Waals surface area contributed by atoms with Crippen molar-refractivity contribution in [3.05, 3.63) is 89.0 Å². The number of carbonyl (C=O) groups is 2. The molecule has 1 aromatic heterocycles. The molecule has 0 bridgehead atoms. The van der Waals surface area contributed by atoms with Gasteiger partial charge in [0.05, 0.1) is 11.1 Å². The maximum atomic E-state index is 12.9. The number of H-pyrrole nitrogens is 1. The lowest BCUT2D eigenvalue weighted by atomic mass is 10.1. The van der Waals surface area contributed by atoms with Crippen molar-refractivity contribution in [2.75, 3.05) is 43.4 Å². The van der Waals surface area contributed by atoms with Crippen molar-refractivity contribution in [3.8, 4) is 0 Å². The molecule has 3 N–H and O–H groups in total. The number of alkyl halides is 3. The Labute approximate surface area is 222 Å². The zero-order chi connectivity index (χ0) is 27.6. The number of aromatic amines is 1. The summed E-state index contributed by atoms with van der Waals surface area (Å²) in [6.45, 7) is 3.91. The smallest absolute Gasteiger partial charge is 0.369 e. The van der Waals surface area contributed by atoms with E-state index in [2.05, 4.69) is 37.7 Å². The minimum atomic E-state index is -4.41. The molecule has 2 heterocycles. The first kappa shape index (κ1) is 26.2. The first-order valence-electron chi connectivity index (χ1n) is 12.4. The van der Waals surface area contributed by atoms with Gasteiger partial charge in [0.15, 0.2) is 5.82 Å². The number of halogens is 3. The molecule has 1 fully saturated rings. The fourth-order valence-electron chi connectivity index (χ4n) is 4.41. The maximum absolute atomic E-state index is 12.9. The molecule has 1 saturated heterocycles. The van der Waals surface area contributed by atoms with Gasteiger partial charge in [-0.3, -0.25) is 14.7 Å². The number of hydrogen-bond donors (Lipinski definition) is 3. The summed E-state index contributed by atoms with van der Waals surface area (Å²) in [6, 6.07) is 16.9. The monoisotopic (exact) mass is 536 g/mol. The normalized spacial score (nSPS) is 14.4. The summed E-state index contributed by atoms with van der Waals surface area (Å²) < 4.78 is 38.3. The third-order valence-corrected chi connectivity index (χ3v) is 6.79. The maximum Gasteiger partial charge on any atom is 0.416 e. The number of hydrogen-bond acceptors (Lipinski definition) is 5.